The molecule has 1 aliphatic rings. The molecule has 1 saturated carbocycles. The Hall–Kier alpha value is -0.190. The molecule has 4 heteroatoms. The number of rotatable bonds is 6. The number of thioether (sulfide) groups is 1. The number of methoxy groups -OCH3 is 1. The van der Waals surface area contributed by atoms with Crippen molar-refractivity contribution in [3.05, 3.63) is 28.2 Å². The first-order chi connectivity index (χ1) is 9.24. The Morgan fingerprint density at radius 2 is 2.26 bits per heavy atom. The molecule has 2 atom stereocenters. The molecule has 0 aliphatic heterocycles. The van der Waals surface area contributed by atoms with Crippen LogP contribution in [0.1, 0.15) is 31.7 Å². The van der Waals surface area contributed by atoms with E-state index in [0.29, 0.717) is 6.04 Å². The first-order valence-corrected chi connectivity index (χ1v) is 8.76. The lowest BCUT2D eigenvalue weighted by molar-refractivity contribution is 0.412. The predicted molar refractivity (Wildman–Crippen MR) is 87.1 cm³/mol. The summed E-state index contributed by atoms with van der Waals surface area (Å²) in [6, 6.07) is 6.97. The Morgan fingerprint density at radius 3 is 2.95 bits per heavy atom. The van der Waals surface area contributed by atoms with Gasteiger partial charge in [-0.05, 0) is 52.2 Å². The largest absolute Gasteiger partial charge is 0.496 e. The van der Waals surface area contributed by atoms with E-state index in [4.69, 9.17) is 4.74 Å². The summed E-state index contributed by atoms with van der Waals surface area (Å²) >= 11 is 5.64. The van der Waals surface area contributed by atoms with Crippen LogP contribution in [0.2, 0.25) is 0 Å². The van der Waals surface area contributed by atoms with Crippen LogP contribution in [0, 0.1) is 0 Å². The highest BCUT2D eigenvalue weighted by Crippen LogP contribution is 2.30. The van der Waals surface area contributed by atoms with E-state index >= 15 is 0 Å². The average molecular weight is 344 g/mol. The molecule has 1 aliphatic carbocycles. The Labute approximate surface area is 128 Å². The Bertz CT molecular complexity index is 413. The van der Waals surface area contributed by atoms with Crippen LogP contribution >= 0.6 is 27.7 Å². The third-order valence-electron chi connectivity index (χ3n) is 3.62. The van der Waals surface area contributed by atoms with Crippen LogP contribution in [-0.4, -0.2) is 24.2 Å². The Morgan fingerprint density at radius 1 is 1.42 bits per heavy atom. The molecule has 0 radical (unpaired) electrons. The van der Waals surface area contributed by atoms with Crippen LogP contribution in [0.4, 0.5) is 0 Å². The fourth-order valence-electron chi connectivity index (χ4n) is 2.64. The van der Waals surface area contributed by atoms with Gasteiger partial charge in [0.2, 0.25) is 0 Å². The molecule has 0 spiro atoms. The van der Waals surface area contributed by atoms with Crippen molar-refractivity contribution in [1.82, 2.24) is 5.32 Å². The normalized spacial score (nSPS) is 22.7. The minimum absolute atomic E-state index is 0.672. The van der Waals surface area contributed by atoms with Gasteiger partial charge in [0.25, 0.3) is 0 Å². The van der Waals surface area contributed by atoms with Crippen molar-refractivity contribution in [3.8, 4) is 5.75 Å². The summed E-state index contributed by atoms with van der Waals surface area (Å²) in [6.45, 7) is 3.19. The fourth-order valence-corrected chi connectivity index (χ4v) is 4.46. The number of hydrogen-bond acceptors (Lipinski definition) is 3. The standard InChI is InChI=1S/C15H22BrNOS/c1-3-19-15-6-4-5-13(15)17-10-11-7-8-14(18-2)12(16)9-11/h7-9,13,15,17H,3-6,10H2,1-2H3. The van der Waals surface area contributed by atoms with Crippen LogP contribution in [0.5, 0.6) is 5.75 Å². The summed E-state index contributed by atoms with van der Waals surface area (Å²) in [7, 11) is 1.70. The van der Waals surface area contributed by atoms with Crippen molar-refractivity contribution < 1.29 is 4.74 Å². The third kappa shape index (κ3) is 4.14. The molecule has 1 aromatic rings. The van der Waals surface area contributed by atoms with Crippen LogP contribution in [0.3, 0.4) is 0 Å². The molecule has 1 N–H and O–H groups in total. The topological polar surface area (TPSA) is 21.3 Å². The lowest BCUT2D eigenvalue weighted by Crippen LogP contribution is -2.33. The molecule has 106 valence electrons. The SMILES string of the molecule is CCSC1CCCC1NCc1ccc(OC)c(Br)c1. The van der Waals surface area contributed by atoms with E-state index in [2.05, 4.69) is 52.1 Å². The fraction of sp³-hybridized carbons (Fsp3) is 0.600. The van der Waals surface area contributed by atoms with Crippen molar-refractivity contribution in [2.75, 3.05) is 12.9 Å². The molecule has 2 nitrogen and oxygen atoms in total. The molecule has 0 bridgehead atoms. The van der Waals surface area contributed by atoms with Gasteiger partial charge in [-0.25, -0.2) is 0 Å². The maximum atomic E-state index is 5.26. The highest BCUT2D eigenvalue weighted by molar-refractivity contribution is 9.10. The van der Waals surface area contributed by atoms with Gasteiger partial charge in [-0.15, -0.1) is 0 Å². The van der Waals surface area contributed by atoms with E-state index < -0.39 is 0 Å². The molecule has 2 unspecified atom stereocenters. The number of hydrogen-bond donors (Lipinski definition) is 1. The van der Waals surface area contributed by atoms with Crippen molar-refractivity contribution in [1.29, 1.82) is 0 Å². The third-order valence-corrected chi connectivity index (χ3v) is 5.56. The number of halogens is 1. The summed E-state index contributed by atoms with van der Waals surface area (Å²) in [5, 5.41) is 4.51. The van der Waals surface area contributed by atoms with E-state index in [-0.39, 0.29) is 0 Å². The summed E-state index contributed by atoms with van der Waals surface area (Å²) in [5.41, 5.74) is 1.31. The summed E-state index contributed by atoms with van der Waals surface area (Å²) < 4.78 is 6.28. The molecule has 19 heavy (non-hydrogen) atoms. The highest BCUT2D eigenvalue weighted by Gasteiger charge is 2.26. The quantitative estimate of drug-likeness (QED) is 0.835. The predicted octanol–water partition coefficient (Wildman–Crippen LogP) is 4.22. The van der Waals surface area contributed by atoms with Crippen LogP contribution in [-0.2, 0) is 6.54 Å². The van der Waals surface area contributed by atoms with Crippen molar-refractivity contribution >= 4 is 27.7 Å². The first kappa shape index (κ1) is 15.2. The number of benzene rings is 1. The maximum Gasteiger partial charge on any atom is 0.133 e. The zero-order chi connectivity index (χ0) is 13.7. The summed E-state index contributed by atoms with van der Waals surface area (Å²) in [5.74, 6) is 2.11. The monoisotopic (exact) mass is 343 g/mol. The van der Waals surface area contributed by atoms with Crippen LogP contribution < -0.4 is 10.1 Å². The summed E-state index contributed by atoms with van der Waals surface area (Å²) in [6.07, 6.45) is 4.04. The molecule has 0 aromatic heterocycles. The van der Waals surface area contributed by atoms with Gasteiger partial charge in [-0.1, -0.05) is 19.4 Å². The second-order valence-corrected chi connectivity index (χ2v) is 7.25. The van der Waals surface area contributed by atoms with E-state index in [0.717, 1.165) is 22.0 Å². The first-order valence-electron chi connectivity index (χ1n) is 6.92. The van der Waals surface area contributed by atoms with Crippen molar-refractivity contribution in [2.24, 2.45) is 0 Å². The van der Waals surface area contributed by atoms with E-state index in [1.165, 1.54) is 30.6 Å². The minimum Gasteiger partial charge on any atom is -0.496 e. The van der Waals surface area contributed by atoms with Gasteiger partial charge in [-0.3, -0.25) is 0 Å². The molecular formula is C15H22BrNOS. The molecular weight excluding hydrogens is 322 g/mol. The smallest absolute Gasteiger partial charge is 0.133 e. The highest BCUT2D eigenvalue weighted by atomic mass is 79.9. The second-order valence-electron chi connectivity index (χ2n) is 4.88. The lowest BCUT2D eigenvalue weighted by Gasteiger charge is -2.20. The van der Waals surface area contributed by atoms with E-state index in [1.807, 2.05) is 6.07 Å². The van der Waals surface area contributed by atoms with Gasteiger partial charge in [0.15, 0.2) is 0 Å². The molecule has 0 heterocycles. The van der Waals surface area contributed by atoms with Gasteiger partial charge >= 0.3 is 0 Å². The lowest BCUT2D eigenvalue weighted by atomic mass is 10.2. The molecule has 2 rings (SSSR count). The van der Waals surface area contributed by atoms with E-state index in [9.17, 15) is 0 Å². The second kappa shape index (κ2) is 7.55. The molecule has 1 aromatic carbocycles. The zero-order valence-corrected chi connectivity index (χ0v) is 14.0. The van der Waals surface area contributed by atoms with Gasteiger partial charge in [0.05, 0.1) is 11.6 Å². The molecule has 0 saturated heterocycles. The number of ether oxygens (including phenoxy) is 1. The molecule has 0 amide bonds. The summed E-state index contributed by atoms with van der Waals surface area (Å²) in [4.78, 5) is 0. The van der Waals surface area contributed by atoms with Gasteiger partial charge in [-0.2, -0.15) is 11.8 Å². The minimum atomic E-state index is 0.672. The van der Waals surface area contributed by atoms with E-state index in [1.54, 1.807) is 7.11 Å². The average Bonchev–Trinajstić information content (AvgIpc) is 2.84. The molecule has 1 fully saturated rings. The van der Waals surface area contributed by atoms with Crippen molar-refractivity contribution in [2.45, 2.75) is 44.0 Å². The number of nitrogens with one attached hydrogen (secondary N) is 1. The van der Waals surface area contributed by atoms with Gasteiger partial charge < -0.3 is 10.1 Å². The van der Waals surface area contributed by atoms with Crippen molar-refractivity contribution in [3.63, 3.8) is 0 Å². The Kier molecular flexibility index (Phi) is 6.05. The van der Waals surface area contributed by atoms with Crippen LogP contribution in [0.15, 0.2) is 22.7 Å². The maximum absolute atomic E-state index is 5.26. The van der Waals surface area contributed by atoms with Gasteiger partial charge in [0.1, 0.15) is 5.75 Å². The van der Waals surface area contributed by atoms with Crippen LogP contribution in [0.25, 0.3) is 0 Å². The van der Waals surface area contributed by atoms with Gasteiger partial charge in [0, 0.05) is 17.8 Å². The Balaban J connectivity index is 1.89. The zero-order valence-electron chi connectivity index (χ0n) is 11.6.